The van der Waals surface area contributed by atoms with Gasteiger partial charge in [0.25, 0.3) is 0 Å². The summed E-state index contributed by atoms with van der Waals surface area (Å²) in [4.78, 5) is 0. The Balaban J connectivity index is 2.56. The fraction of sp³-hybridized carbons (Fsp3) is 0.333. The Morgan fingerprint density at radius 2 is 2.31 bits per heavy atom. The second kappa shape index (κ2) is 3.36. The van der Waals surface area contributed by atoms with E-state index in [2.05, 4.69) is 15.9 Å². The Morgan fingerprint density at radius 1 is 1.54 bits per heavy atom. The zero-order valence-corrected chi connectivity index (χ0v) is 8.34. The molecule has 0 fully saturated rings. The molecule has 0 radical (unpaired) electrons. The van der Waals surface area contributed by atoms with Crippen molar-refractivity contribution in [3.8, 4) is 0 Å². The molecule has 13 heavy (non-hydrogen) atoms. The van der Waals surface area contributed by atoms with Crippen molar-refractivity contribution in [2.24, 2.45) is 0 Å². The van der Waals surface area contributed by atoms with Crippen LogP contribution in [0.1, 0.15) is 17.2 Å². The second-order valence-electron chi connectivity index (χ2n) is 2.99. The van der Waals surface area contributed by atoms with Gasteiger partial charge in [0, 0.05) is 10.0 Å². The molecule has 0 aromatic heterocycles. The van der Waals surface area contributed by atoms with E-state index in [0.29, 0.717) is 22.2 Å². The quantitative estimate of drug-likeness (QED) is 0.761. The molecule has 0 amide bonds. The zero-order valence-electron chi connectivity index (χ0n) is 6.76. The third-order valence-corrected chi connectivity index (χ3v) is 2.50. The second-order valence-corrected chi connectivity index (χ2v) is 3.91. The van der Waals surface area contributed by atoms with E-state index in [1.807, 2.05) is 0 Å². The summed E-state index contributed by atoms with van der Waals surface area (Å²) in [6, 6.07) is 3.12. The molecule has 1 atom stereocenters. The van der Waals surface area contributed by atoms with Crippen LogP contribution >= 0.6 is 15.9 Å². The Morgan fingerprint density at radius 3 is 3.08 bits per heavy atom. The van der Waals surface area contributed by atoms with E-state index >= 15 is 0 Å². The van der Waals surface area contributed by atoms with E-state index in [0.717, 1.165) is 0 Å². The molecule has 2 nitrogen and oxygen atoms in total. The summed E-state index contributed by atoms with van der Waals surface area (Å²) in [5, 5.41) is 9.45. The number of benzene rings is 1. The van der Waals surface area contributed by atoms with Gasteiger partial charge in [-0.1, -0.05) is 15.9 Å². The summed E-state index contributed by atoms with van der Waals surface area (Å²) in [5.41, 5.74) is 1.08. The van der Waals surface area contributed by atoms with Crippen LogP contribution in [0.25, 0.3) is 0 Å². The number of rotatable bonds is 0. The molecule has 1 aromatic rings. The molecule has 0 spiro atoms. The van der Waals surface area contributed by atoms with Crippen molar-refractivity contribution >= 4 is 15.9 Å². The van der Waals surface area contributed by atoms with Crippen LogP contribution in [0.4, 0.5) is 4.39 Å². The van der Waals surface area contributed by atoms with Gasteiger partial charge < -0.3 is 9.84 Å². The summed E-state index contributed by atoms with van der Waals surface area (Å²) < 4.78 is 19.1. The molecule has 0 bridgehead atoms. The Labute approximate surface area is 83.5 Å². The van der Waals surface area contributed by atoms with Crippen molar-refractivity contribution in [1.29, 1.82) is 0 Å². The fourth-order valence-electron chi connectivity index (χ4n) is 1.49. The number of aliphatic hydroxyl groups is 1. The summed E-state index contributed by atoms with van der Waals surface area (Å²) in [7, 11) is 0. The highest BCUT2D eigenvalue weighted by Crippen LogP contribution is 2.29. The minimum absolute atomic E-state index is 0.172. The number of hydrogen-bond donors (Lipinski definition) is 1. The van der Waals surface area contributed by atoms with Crippen molar-refractivity contribution in [3.05, 3.63) is 33.5 Å². The highest BCUT2D eigenvalue weighted by atomic mass is 79.9. The number of halogens is 2. The summed E-state index contributed by atoms with van der Waals surface area (Å²) in [5.74, 6) is -0.375. The predicted molar refractivity (Wildman–Crippen MR) is 48.7 cm³/mol. The third-order valence-electron chi connectivity index (χ3n) is 2.05. The SMILES string of the molecule is O[C@H]1COCc2cc(Br)cc(F)c21. The highest BCUT2D eigenvalue weighted by Gasteiger charge is 2.22. The average Bonchev–Trinajstić information content (AvgIpc) is 2.02. The highest BCUT2D eigenvalue weighted by molar-refractivity contribution is 9.10. The molecule has 4 heteroatoms. The molecule has 0 saturated carbocycles. The number of aliphatic hydroxyl groups excluding tert-OH is 1. The maximum atomic E-state index is 13.3. The lowest BCUT2D eigenvalue weighted by Crippen LogP contribution is -2.17. The maximum absolute atomic E-state index is 13.3. The monoisotopic (exact) mass is 246 g/mol. The van der Waals surface area contributed by atoms with Gasteiger partial charge in [0.15, 0.2) is 0 Å². The molecular weight excluding hydrogens is 239 g/mol. The Kier molecular flexibility index (Phi) is 2.36. The molecule has 0 aliphatic carbocycles. The first kappa shape index (κ1) is 9.12. The summed E-state index contributed by atoms with van der Waals surface area (Å²) in [6.07, 6.45) is -0.836. The van der Waals surface area contributed by atoms with Crippen LogP contribution < -0.4 is 0 Å². The number of hydrogen-bond acceptors (Lipinski definition) is 2. The van der Waals surface area contributed by atoms with E-state index in [4.69, 9.17) is 4.74 Å². The van der Waals surface area contributed by atoms with Crippen LogP contribution in [0.2, 0.25) is 0 Å². The van der Waals surface area contributed by atoms with Gasteiger partial charge in [-0.15, -0.1) is 0 Å². The minimum atomic E-state index is -0.836. The minimum Gasteiger partial charge on any atom is -0.386 e. The van der Waals surface area contributed by atoms with Gasteiger partial charge in [-0.3, -0.25) is 0 Å². The first-order chi connectivity index (χ1) is 6.18. The molecular formula is C9H8BrFO2. The Bertz CT molecular complexity index is 341. The average molecular weight is 247 g/mol. The van der Waals surface area contributed by atoms with Crippen LogP contribution in [0.3, 0.4) is 0 Å². The lowest BCUT2D eigenvalue weighted by molar-refractivity contribution is 0.00747. The van der Waals surface area contributed by atoms with E-state index < -0.39 is 6.10 Å². The smallest absolute Gasteiger partial charge is 0.130 e. The van der Waals surface area contributed by atoms with Gasteiger partial charge in [-0.05, 0) is 17.7 Å². The van der Waals surface area contributed by atoms with Crippen molar-refractivity contribution in [2.75, 3.05) is 6.61 Å². The van der Waals surface area contributed by atoms with Crippen molar-refractivity contribution in [1.82, 2.24) is 0 Å². The van der Waals surface area contributed by atoms with E-state index in [-0.39, 0.29) is 12.4 Å². The van der Waals surface area contributed by atoms with Crippen LogP contribution in [0.5, 0.6) is 0 Å². The Hall–Kier alpha value is -0.450. The molecule has 1 aromatic carbocycles. The standard InChI is InChI=1S/C9H8BrFO2/c10-6-1-5-3-13-4-8(12)9(5)7(11)2-6/h1-2,8,12H,3-4H2/t8-/m0/s1. The zero-order chi connectivity index (χ0) is 9.42. The molecule has 0 unspecified atom stereocenters. The van der Waals surface area contributed by atoms with Crippen LogP contribution in [0.15, 0.2) is 16.6 Å². The number of ether oxygens (including phenoxy) is 1. The number of fused-ring (bicyclic) bond motifs is 1. The maximum Gasteiger partial charge on any atom is 0.130 e. The van der Waals surface area contributed by atoms with Crippen LogP contribution in [-0.4, -0.2) is 11.7 Å². The first-order valence-electron chi connectivity index (χ1n) is 3.92. The van der Waals surface area contributed by atoms with Crippen molar-refractivity contribution in [3.63, 3.8) is 0 Å². The van der Waals surface area contributed by atoms with Gasteiger partial charge >= 0.3 is 0 Å². The van der Waals surface area contributed by atoms with Gasteiger partial charge in [0.1, 0.15) is 11.9 Å². The predicted octanol–water partition coefficient (Wildman–Crippen LogP) is 2.15. The topological polar surface area (TPSA) is 29.5 Å². The van der Waals surface area contributed by atoms with Gasteiger partial charge in [-0.2, -0.15) is 0 Å². The molecule has 0 saturated heterocycles. The fourth-order valence-corrected chi connectivity index (χ4v) is 1.97. The largest absolute Gasteiger partial charge is 0.386 e. The lowest BCUT2D eigenvalue weighted by atomic mass is 10.0. The molecule has 1 heterocycles. The third kappa shape index (κ3) is 1.61. The molecule has 70 valence electrons. The first-order valence-corrected chi connectivity index (χ1v) is 4.71. The molecule has 1 aliphatic rings. The molecule has 1 N–H and O–H groups in total. The molecule has 1 aliphatic heterocycles. The summed E-state index contributed by atoms with van der Waals surface area (Å²) in [6.45, 7) is 0.536. The normalized spacial score (nSPS) is 21.3. The lowest BCUT2D eigenvalue weighted by Gasteiger charge is -2.22. The van der Waals surface area contributed by atoms with Crippen molar-refractivity contribution < 1.29 is 14.2 Å². The van der Waals surface area contributed by atoms with Gasteiger partial charge in [0.2, 0.25) is 0 Å². The van der Waals surface area contributed by atoms with Gasteiger partial charge in [0.05, 0.1) is 13.2 Å². The van der Waals surface area contributed by atoms with E-state index in [1.54, 1.807) is 6.07 Å². The van der Waals surface area contributed by atoms with Crippen LogP contribution in [-0.2, 0) is 11.3 Å². The van der Waals surface area contributed by atoms with Crippen LogP contribution in [0, 0.1) is 5.82 Å². The van der Waals surface area contributed by atoms with E-state index in [1.165, 1.54) is 6.07 Å². The van der Waals surface area contributed by atoms with E-state index in [9.17, 15) is 9.50 Å². The van der Waals surface area contributed by atoms with Crippen molar-refractivity contribution in [2.45, 2.75) is 12.7 Å². The van der Waals surface area contributed by atoms with Gasteiger partial charge in [-0.25, -0.2) is 4.39 Å². The molecule has 2 rings (SSSR count). The summed E-state index contributed by atoms with van der Waals surface area (Å²) >= 11 is 3.18.